The Hall–Kier alpha value is -1.63. The average molecular weight is 282 g/mol. The zero-order valence-electron chi connectivity index (χ0n) is 12.7. The molecular formula is C13H26N6O. The van der Waals surface area contributed by atoms with Crippen molar-refractivity contribution in [3.63, 3.8) is 0 Å². The molecule has 0 saturated carbocycles. The number of hydrogen-bond donors (Lipinski definition) is 2. The lowest BCUT2D eigenvalue weighted by atomic mass is 10.2. The fraction of sp³-hybridized carbons (Fsp3) is 0.769. The van der Waals surface area contributed by atoms with Gasteiger partial charge in [-0.15, -0.1) is 0 Å². The van der Waals surface area contributed by atoms with E-state index in [1.165, 1.54) is 0 Å². The van der Waals surface area contributed by atoms with Crippen LogP contribution in [0.4, 0.5) is 17.8 Å². The summed E-state index contributed by atoms with van der Waals surface area (Å²) in [5.41, 5.74) is 5.77. The summed E-state index contributed by atoms with van der Waals surface area (Å²) < 4.78 is 0. The first-order valence-electron chi connectivity index (χ1n) is 7.20. The molecule has 0 fully saturated rings. The Kier molecular flexibility index (Phi) is 7.00. The van der Waals surface area contributed by atoms with Gasteiger partial charge in [-0.05, 0) is 33.1 Å². The van der Waals surface area contributed by atoms with E-state index < -0.39 is 0 Å². The molecule has 0 unspecified atom stereocenters. The smallest absolute Gasteiger partial charge is 0.231 e. The largest absolute Gasteiger partial charge is 0.396 e. The first-order valence-corrected chi connectivity index (χ1v) is 7.20. The normalized spacial score (nSPS) is 10.6. The molecular weight excluding hydrogens is 256 g/mol. The Morgan fingerprint density at radius 1 is 1.00 bits per heavy atom. The molecule has 20 heavy (non-hydrogen) atoms. The maximum Gasteiger partial charge on any atom is 0.231 e. The minimum absolute atomic E-state index is 0.245. The summed E-state index contributed by atoms with van der Waals surface area (Å²) in [5.74, 6) is 1.47. The molecule has 0 amide bonds. The van der Waals surface area contributed by atoms with Crippen LogP contribution in [-0.2, 0) is 0 Å². The minimum atomic E-state index is 0.245. The minimum Gasteiger partial charge on any atom is -0.396 e. The maximum absolute atomic E-state index is 8.77. The van der Waals surface area contributed by atoms with Crippen molar-refractivity contribution in [3.05, 3.63) is 0 Å². The van der Waals surface area contributed by atoms with Crippen LogP contribution in [0.1, 0.15) is 33.1 Å². The van der Waals surface area contributed by atoms with Crippen LogP contribution < -0.4 is 15.5 Å². The zero-order chi connectivity index (χ0) is 15.0. The van der Waals surface area contributed by atoms with Crippen LogP contribution in [0.2, 0.25) is 0 Å². The first kappa shape index (κ1) is 16.4. The standard InChI is InChI=1S/C13H26N6O/c1-4-19(5-2)13-16-11(14)15-12(17-13)18(3)9-7-6-8-10-20/h20H,4-10H2,1-3H3,(H2,14,15,16,17). The fourth-order valence-electron chi connectivity index (χ4n) is 1.93. The third kappa shape index (κ3) is 4.80. The molecule has 7 nitrogen and oxygen atoms in total. The van der Waals surface area contributed by atoms with Crippen molar-refractivity contribution in [1.29, 1.82) is 0 Å². The molecule has 3 N–H and O–H groups in total. The van der Waals surface area contributed by atoms with E-state index in [2.05, 4.69) is 28.8 Å². The molecule has 0 aliphatic heterocycles. The van der Waals surface area contributed by atoms with Crippen molar-refractivity contribution in [2.75, 3.05) is 48.8 Å². The van der Waals surface area contributed by atoms with E-state index >= 15 is 0 Å². The maximum atomic E-state index is 8.77. The fourth-order valence-corrected chi connectivity index (χ4v) is 1.93. The number of nitrogens with two attached hydrogens (primary N) is 1. The Balaban J connectivity index is 2.73. The molecule has 0 aromatic carbocycles. The number of anilines is 3. The van der Waals surface area contributed by atoms with Crippen LogP contribution in [0.3, 0.4) is 0 Å². The van der Waals surface area contributed by atoms with Gasteiger partial charge in [0.05, 0.1) is 0 Å². The van der Waals surface area contributed by atoms with Crippen LogP contribution in [0.25, 0.3) is 0 Å². The lowest BCUT2D eigenvalue weighted by Crippen LogP contribution is -2.27. The second kappa shape index (κ2) is 8.52. The number of nitrogen functional groups attached to an aromatic ring is 1. The van der Waals surface area contributed by atoms with Crippen molar-refractivity contribution < 1.29 is 5.11 Å². The zero-order valence-corrected chi connectivity index (χ0v) is 12.7. The Bertz CT molecular complexity index is 396. The predicted octanol–water partition coefficient (Wildman–Crippen LogP) is 0.899. The molecule has 114 valence electrons. The molecule has 1 aromatic rings. The van der Waals surface area contributed by atoms with Crippen LogP contribution in [0.15, 0.2) is 0 Å². The second-order valence-corrected chi connectivity index (χ2v) is 4.67. The number of aliphatic hydroxyl groups is 1. The van der Waals surface area contributed by atoms with Gasteiger partial charge in [-0.2, -0.15) is 15.0 Å². The third-order valence-electron chi connectivity index (χ3n) is 3.17. The number of hydrogen-bond acceptors (Lipinski definition) is 7. The van der Waals surface area contributed by atoms with Crippen LogP contribution in [0.5, 0.6) is 0 Å². The summed E-state index contributed by atoms with van der Waals surface area (Å²) in [5, 5.41) is 8.77. The molecule has 7 heteroatoms. The highest BCUT2D eigenvalue weighted by Crippen LogP contribution is 2.14. The lowest BCUT2D eigenvalue weighted by Gasteiger charge is -2.22. The van der Waals surface area contributed by atoms with Gasteiger partial charge in [0, 0.05) is 33.3 Å². The lowest BCUT2D eigenvalue weighted by molar-refractivity contribution is 0.283. The van der Waals surface area contributed by atoms with Crippen LogP contribution in [-0.4, -0.2) is 53.3 Å². The van der Waals surface area contributed by atoms with Gasteiger partial charge in [0.25, 0.3) is 0 Å². The first-order chi connectivity index (χ1) is 9.62. The van der Waals surface area contributed by atoms with E-state index in [1.54, 1.807) is 0 Å². The summed E-state index contributed by atoms with van der Waals surface area (Å²) in [6, 6.07) is 0. The van der Waals surface area contributed by atoms with Gasteiger partial charge in [-0.3, -0.25) is 0 Å². The second-order valence-electron chi connectivity index (χ2n) is 4.67. The van der Waals surface area contributed by atoms with Gasteiger partial charge in [-0.1, -0.05) is 0 Å². The highest BCUT2D eigenvalue weighted by molar-refractivity contribution is 5.42. The number of aliphatic hydroxyl groups excluding tert-OH is 1. The monoisotopic (exact) mass is 282 g/mol. The van der Waals surface area contributed by atoms with Gasteiger partial charge >= 0.3 is 0 Å². The molecule has 1 aromatic heterocycles. The number of rotatable bonds is 9. The van der Waals surface area contributed by atoms with Crippen LogP contribution >= 0.6 is 0 Å². The summed E-state index contributed by atoms with van der Waals surface area (Å²) in [6.07, 6.45) is 2.81. The van der Waals surface area contributed by atoms with E-state index in [0.29, 0.717) is 11.9 Å². The van der Waals surface area contributed by atoms with Gasteiger partial charge in [0.2, 0.25) is 17.8 Å². The molecule has 0 aliphatic rings. The Morgan fingerprint density at radius 2 is 1.65 bits per heavy atom. The topological polar surface area (TPSA) is 91.4 Å². The van der Waals surface area contributed by atoms with Crippen LogP contribution in [0, 0.1) is 0 Å². The molecule has 1 heterocycles. The molecule has 0 atom stereocenters. The Morgan fingerprint density at radius 3 is 2.25 bits per heavy atom. The SMILES string of the molecule is CCN(CC)c1nc(N)nc(N(C)CCCCCO)n1. The number of unbranched alkanes of at least 4 members (excludes halogenated alkanes) is 2. The highest BCUT2D eigenvalue weighted by Gasteiger charge is 2.12. The van der Waals surface area contributed by atoms with E-state index in [4.69, 9.17) is 10.8 Å². The highest BCUT2D eigenvalue weighted by atomic mass is 16.2. The van der Waals surface area contributed by atoms with Gasteiger partial charge in [-0.25, -0.2) is 0 Å². The third-order valence-corrected chi connectivity index (χ3v) is 3.17. The summed E-state index contributed by atoms with van der Waals surface area (Å²) >= 11 is 0. The summed E-state index contributed by atoms with van der Waals surface area (Å²) in [6.45, 7) is 6.86. The predicted molar refractivity (Wildman–Crippen MR) is 82.0 cm³/mol. The quantitative estimate of drug-likeness (QED) is 0.650. The molecule has 0 spiro atoms. The summed E-state index contributed by atoms with van der Waals surface area (Å²) in [4.78, 5) is 16.9. The molecule has 0 bridgehead atoms. The van der Waals surface area contributed by atoms with Crippen molar-refractivity contribution in [2.24, 2.45) is 0 Å². The van der Waals surface area contributed by atoms with E-state index in [-0.39, 0.29) is 12.6 Å². The van der Waals surface area contributed by atoms with Gasteiger partial charge in [0.1, 0.15) is 0 Å². The Labute approximate surface area is 120 Å². The number of aromatic nitrogens is 3. The average Bonchev–Trinajstić information content (AvgIpc) is 2.44. The van der Waals surface area contributed by atoms with Crippen molar-refractivity contribution in [1.82, 2.24) is 15.0 Å². The van der Waals surface area contributed by atoms with Crippen molar-refractivity contribution in [2.45, 2.75) is 33.1 Å². The van der Waals surface area contributed by atoms with Crippen molar-refractivity contribution >= 4 is 17.8 Å². The van der Waals surface area contributed by atoms with Gasteiger partial charge < -0.3 is 20.6 Å². The van der Waals surface area contributed by atoms with Crippen molar-refractivity contribution in [3.8, 4) is 0 Å². The summed E-state index contributed by atoms with van der Waals surface area (Å²) in [7, 11) is 1.94. The number of nitrogens with zero attached hydrogens (tertiary/aromatic N) is 5. The molecule has 0 radical (unpaired) electrons. The van der Waals surface area contributed by atoms with E-state index in [0.717, 1.165) is 38.9 Å². The molecule has 0 saturated heterocycles. The molecule has 0 aliphatic carbocycles. The van der Waals surface area contributed by atoms with E-state index in [9.17, 15) is 0 Å². The van der Waals surface area contributed by atoms with E-state index in [1.807, 2.05) is 16.8 Å². The molecule has 1 rings (SSSR count). The van der Waals surface area contributed by atoms with Gasteiger partial charge in [0.15, 0.2) is 0 Å².